The minimum Gasteiger partial charge on any atom is -0.494 e. The summed E-state index contributed by atoms with van der Waals surface area (Å²) < 4.78 is 31.7. The average molecular weight is 523 g/mol. The molecule has 0 saturated carbocycles. The van der Waals surface area contributed by atoms with Gasteiger partial charge >= 0.3 is 0 Å². The lowest BCUT2D eigenvalue weighted by Gasteiger charge is -2.28. The van der Waals surface area contributed by atoms with Gasteiger partial charge in [-0.3, -0.25) is 13.9 Å². The number of ketones is 1. The summed E-state index contributed by atoms with van der Waals surface area (Å²) >= 11 is 0. The van der Waals surface area contributed by atoms with Gasteiger partial charge in [-0.2, -0.15) is 0 Å². The zero-order chi connectivity index (χ0) is 27.4. The first kappa shape index (κ1) is 27.9. The van der Waals surface area contributed by atoms with Crippen molar-refractivity contribution in [1.29, 1.82) is 0 Å². The highest BCUT2D eigenvalue weighted by atomic mass is 32.2. The summed E-state index contributed by atoms with van der Waals surface area (Å²) in [7, 11) is -3.77. The molecule has 3 rings (SSSR count). The van der Waals surface area contributed by atoms with Crippen LogP contribution in [-0.4, -0.2) is 39.0 Å². The molecule has 1 atom stereocenters. The topological polar surface area (TPSA) is 92.8 Å². The number of amides is 1. The molecule has 0 aromatic heterocycles. The molecule has 0 heterocycles. The maximum atomic E-state index is 13.1. The van der Waals surface area contributed by atoms with Gasteiger partial charge in [-0.1, -0.05) is 57.2 Å². The standard InChI is InChI=1S/C29H34N2O5S/c1-7-36-26-17-15-25(16-18-26)31(37(6,34)35)20(2)28(33)30-24-10-8-9-22(19-24)27(32)21-11-13-23(14-12-21)29(3,4)5/h8-20H,7H2,1-6H3,(H,30,33)/t20-/m1/s1. The van der Waals surface area contributed by atoms with Crippen LogP contribution in [0.4, 0.5) is 11.4 Å². The molecule has 0 radical (unpaired) electrons. The molecule has 0 aliphatic carbocycles. The third-order valence-corrected chi connectivity index (χ3v) is 7.14. The Morgan fingerprint density at radius 1 is 0.946 bits per heavy atom. The van der Waals surface area contributed by atoms with Gasteiger partial charge in [-0.15, -0.1) is 0 Å². The number of carbonyl (C=O) groups excluding carboxylic acids is 2. The van der Waals surface area contributed by atoms with Gasteiger partial charge in [0.25, 0.3) is 0 Å². The second kappa shape index (κ2) is 11.2. The molecule has 1 amide bonds. The lowest BCUT2D eigenvalue weighted by molar-refractivity contribution is -0.116. The second-order valence-electron chi connectivity index (χ2n) is 9.89. The van der Waals surface area contributed by atoms with Crippen molar-refractivity contribution >= 4 is 33.1 Å². The number of nitrogens with one attached hydrogen (secondary N) is 1. The zero-order valence-electron chi connectivity index (χ0n) is 22.1. The van der Waals surface area contributed by atoms with Gasteiger partial charge in [-0.05, 0) is 61.2 Å². The Labute approximate surface area is 219 Å². The lowest BCUT2D eigenvalue weighted by Crippen LogP contribution is -2.45. The maximum Gasteiger partial charge on any atom is 0.247 e. The fourth-order valence-electron chi connectivity index (χ4n) is 3.94. The number of rotatable bonds is 9. The number of carbonyl (C=O) groups is 2. The number of nitrogens with zero attached hydrogens (tertiary/aromatic N) is 1. The molecule has 0 saturated heterocycles. The van der Waals surface area contributed by atoms with Crippen LogP contribution in [0.2, 0.25) is 0 Å². The van der Waals surface area contributed by atoms with Crippen molar-refractivity contribution in [3.05, 3.63) is 89.5 Å². The molecule has 0 aliphatic heterocycles. The quantitative estimate of drug-likeness (QED) is 0.380. The Morgan fingerprint density at radius 3 is 2.11 bits per heavy atom. The van der Waals surface area contributed by atoms with Gasteiger partial charge in [0.05, 0.1) is 18.6 Å². The van der Waals surface area contributed by atoms with Gasteiger partial charge < -0.3 is 10.1 Å². The van der Waals surface area contributed by atoms with E-state index in [0.29, 0.717) is 34.9 Å². The van der Waals surface area contributed by atoms with Crippen molar-refractivity contribution < 1.29 is 22.7 Å². The van der Waals surface area contributed by atoms with Crippen LogP contribution in [0.1, 0.15) is 56.1 Å². The molecule has 196 valence electrons. The summed E-state index contributed by atoms with van der Waals surface area (Å²) in [5.41, 5.74) is 2.81. The molecular formula is C29H34N2O5S. The first-order valence-corrected chi connectivity index (χ1v) is 13.9. The molecule has 37 heavy (non-hydrogen) atoms. The first-order chi connectivity index (χ1) is 17.3. The van der Waals surface area contributed by atoms with Crippen molar-refractivity contribution in [1.82, 2.24) is 0 Å². The molecule has 3 aromatic carbocycles. The van der Waals surface area contributed by atoms with Crippen molar-refractivity contribution in [2.75, 3.05) is 22.5 Å². The fraction of sp³-hybridized carbons (Fsp3) is 0.310. The molecule has 0 unspecified atom stereocenters. The van der Waals surface area contributed by atoms with Gasteiger partial charge in [-0.25, -0.2) is 8.42 Å². The van der Waals surface area contributed by atoms with Gasteiger partial charge in [0.1, 0.15) is 11.8 Å². The zero-order valence-corrected chi connectivity index (χ0v) is 22.9. The van der Waals surface area contributed by atoms with E-state index in [0.717, 1.165) is 16.1 Å². The Morgan fingerprint density at radius 2 is 1.57 bits per heavy atom. The van der Waals surface area contributed by atoms with Gasteiger partial charge in [0, 0.05) is 16.8 Å². The summed E-state index contributed by atoms with van der Waals surface area (Å²) in [4.78, 5) is 26.2. The minimum atomic E-state index is -3.77. The van der Waals surface area contributed by atoms with E-state index in [1.807, 2.05) is 19.1 Å². The van der Waals surface area contributed by atoms with E-state index in [2.05, 4.69) is 26.1 Å². The highest BCUT2D eigenvalue weighted by molar-refractivity contribution is 7.92. The van der Waals surface area contributed by atoms with Crippen LogP contribution < -0.4 is 14.4 Å². The van der Waals surface area contributed by atoms with E-state index in [1.165, 1.54) is 6.92 Å². The Bertz CT molecular complexity index is 1360. The number of sulfonamides is 1. The van der Waals surface area contributed by atoms with Crippen LogP contribution in [0.25, 0.3) is 0 Å². The predicted octanol–water partition coefficient (Wildman–Crippen LogP) is 5.41. The van der Waals surface area contributed by atoms with Crippen molar-refractivity contribution in [2.24, 2.45) is 0 Å². The van der Waals surface area contributed by atoms with E-state index in [1.54, 1.807) is 60.7 Å². The number of benzene rings is 3. The predicted molar refractivity (Wildman–Crippen MR) is 148 cm³/mol. The summed E-state index contributed by atoms with van der Waals surface area (Å²) in [6.45, 7) is 10.2. The van der Waals surface area contributed by atoms with E-state index >= 15 is 0 Å². The van der Waals surface area contributed by atoms with Crippen LogP contribution in [-0.2, 0) is 20.2 Å². The van der Waals surface area contributed by atoms with Crippen LogP contribution in [0.3, 0.4) is 0 Å². The number of hydrogen-bond donors (Lipinski definition) is 1. The van der Waals surface area contributed by atoms with Crippen molar-refractivity contribution in [3.8, 4) is 5.75 Å². The van der Waals surface area contributed by atoms with E-state index in [-0.39, 0.29) is 11.2 Å². The summed E-state index contributed by atoms with van der Waals surface area (Å²) in [6.07, 6.45) is 1.05. The molecule has 0 spiro atoms. The molecule has 8 heteroatoms. The molecule has 0 fully saturated rings. The van der Waals surface area contributed by atoms with Crippen LogP contribution in [0.15, 0.2) is 72.8 Å². The molecular weight excluding hydrogens is 488 g/mol. The van der Waals surface area contributed by atoms with Gasteiger partial charge in [0.15, 0.2) is 5.78 Å². The normalized spacial score (nSPS) is 12.5. The highest BCUT2D eigenvalue weighted by Gasteiger charge is 2.29. The SMILES string of the molecule is CCOc1ccc(N([C@H](C)C(=O)Nc2cccc(C(=O)c3ccc(C(C)(C)C)cc3)c2)S(C)(=O)=O)cc1. The van der Waals surface area contributed by atoms with E-state index in [4.69, 9.17) is 4.74 Å². The second-order valence-corrected chi connectivity index (χ2v) is 11.7. The first-order valence-electron chi connectivity index (χ1n) is 12.1. The average Bonchev–Trinajstić information content (AvgIpc) is 2.84. The molecule has 1 N–H and O–H groups in total. The fourth-order valence-corrected chi connectivity index (χ4v) is 5.11. The monoisotopic (exact) mass is 522 g/mol. The molecule has 0 bridgehead atoms. The Kier molecular flexibility index (Phi) is 8.43. The van der Waals surface area contributed by atoms with Crippen LogP contribution in [0, 0.1) is 0 Å². The molecule has 3 aromatic rings. The van der Waals surface area contributed by atoms with Crippen LogP contribution in [0.5, 0.6) is 5.75 Å². The third kappa shape index (κ3) is 6.98. The summed E-state index contributed by atoms with van der Waals surface area (Å²) in [5.74, 6) is -0.0958. The summed E-state index contributed by atoms with van der Waals surface area (Å²) in [6, 6.07) is 19.6. The van der Waals surface area contributed by atoms with Gasteiger partial charge in [0.2, 0.25) is 15.9 Å². The molecule has 7 nitrogen and oxygen atoms in total. The number of hydrogen-bond acceptors (Lipinski definition) is 5. The Balaban J connectivity index is 1.80. The number of anilines is 2. The molecule has 0 aliphatic rings. The largest absolute Gasteiger partial charge is 0.494 e. The highest BCUT2D eigenvalue weighted by Crippen LogP contribution is 2.26. The summed E-state index contributed by atoms with van der Waals surface area (Å²) in [5, 5.41) is 2.75. The number of ether oxygens (including phenoxy) is 1. The smallest absolute Gasteiger partial charge is 0.247 e. The van der Waals surface area contributed by atoms with Crippen molar-refractivity contribution in [3.63, 3.8) is 0 Å². The van der Waals surface area contributed by atoms with E-state index < -0.39 is 22.0 Å². The maximum absolute atomic E-state index is 13.1. The Hall–Kier alpha value is -3.65. The third-order valence-electron chi connectivity index (χ3n) is 5.90. The lowest BCUT2D eigenvalue weighted by atomic mass is 9.86. The van der Waals surface area contributed by atoms with Crippen molar-refractivity contribution in [2.45, 2.75) is 46.1 Å². The minimum absolute atomic E-state index is 0.0202. The van der Waals surface area contributed by atoms with Crippen LogP contribution >= 0.6 is 0 Å². The van der Waals surface area contributed by atoms with E-state index in [9.17, 15) is 18.0 Å².